The number of nitrogens with one attached hydrogen (secondary N) is 1. The molecule has 29 heavy (non-hydrogen) atoms. The topological polar surface area (TPSA) is 32.3 Å². The highest BCUT2D eigenvalue weighted by Crippen LogP contribution is 2.32. The highest BCUT2D eigenvalue weighted by atomic mass is 35.5. The van der Waals surface area contributed by atoms with Gasteiger partial charge in [0.15, 0.2) is 0 Å². The van der Waals surface area contributed by atoms with E-state index in [9.17, 15) is 4.79 Å². The minimum Gasteiger partial charge on any atom is -0.376 e. The molecule has 2 aromatic rings. The van der Waals surface area contributed by atoms with E-state index in [2.05, 4.69) is 17.3 Å². The molecule has 0 spiro atoms. The van der Waals surface area contributed by atoms with Gasteiger partial charge in [-0.05, 0) is 75.5 Å². The van der Waals surface area contributed by atoms with Crippen LogP contribution in [-0.4, -0.2) is 30.3 Å². The Labute approximate surface area is 188 Å². The molecular weight excluding hydrogens is 427 g/mol. The molecule has 0 bridgehead atoms. The average molecular weight is 454 g/mol. The van der Waals surface area contributed by atoms with E-state index in [-0.39, 0.29) is 12.0 Å². The highest BCUT2D eigenvalue weighted by Gasteiger charge is 2.27. The van der Waals surface area contributed by atoms with Gasteiger partial charge in [-0.2, -0.15) is 0 Å². The first-order chi connectivity index (χ1) is 13.8. The van der Waals surface area contributed by atoms with Crippen LogP contribution in [0, 0.1) is 5.92 Å². The second-order valence-corrected chi connectivity index (χ2v) is 9.21. The Kier molecular flexibility index (Phi) is 7.86. The third-order valence-electron chi connectivity index (χ3n) is 5.90. The van der Waals surface area contributed by atoms with Crippen molar-refractivity contribution in [2.45, 2.75) is 44.7 Å². The Morgan fingerprint density at radius 2 is 1.66 bits per heavy atom. The number of hydrogen-bond acceptors (Lipinski definition) is 3. The van der Waals surface area contributed by atoms with E-state index in [0.717, 1.165) is 43.5 Å². The molecule has 0 aliphatic heterocycles. The fourth-order valence-corrected chi connectivity index (χ4v) is 4.67. The summed E-state index contributed by atoms with van der Waals surface area (Å²) in [6.07, 6.45) is 4.06. The van der Waals surface area contributed by atoms with E-state index >= 15 is 0 Å². The van der Waals surface area contributed by atoms with E-state index in [1.165, 1.54) is 0 Å². The summed E-state index contributed by atoms with van der Waals surface area (Å²) in [4.78, 5) is 14.1. The van der Waals surface area contributed by atoms with Gasteiger partial charge in [0, 0.05) is 28.5 Å². The fourth-order valence-electron chi connectivity index (χ4n) is 4.08. The molecule has 3 rings (SSSR count). The van der Waals surface area contributed by atoms with E-state index in [1.54, 1.807) is 13.0 Å². The number of likely N-dealkylation sites (N-methyl/N-ethyl adjacent to an activating group) is 1. The fraction of sp³-hybridized carbons (Fsp3) is 0.435. The molecule has 0 radical (unpaired) electrons. The molecule has 1 fully saturated rings. The lowest BCUT2D eigenvalue weighted by molar-refractivity contribution is -0.121. The lowest BCUT2D eigenvalue weighted by atomic mass is 9.83. The Balaban J connectivity index is 1.74. The van der Waals surface area contributed by atoms with Crippen molar-refractivity contribution in [3.8, 4) is 0 Å². The first kappa shape index (κ1) is 22.4. The van der Waals surface area contributed by atoms with Gasteiger partial charge >= 0.3 is 0 Å². The summed E-state index contributed by atoms with van der Waals surface area (Å²) in [6.45, 7) is 2.53. The molecule has 0 heterocycles. The number of benzene rings is 2. The minimum atomic E-state index is 0.0430. The van der Waals surface area contributed by atoms with Gasteiger partial charge in [0.05, 0.1) is 16.8 Å². The number of halogens is 3. The van der Waals surface area contributed by atoms with Crippen LogP contribution in [0.4, 0.5) is 5.69 Å². The monoisotopic (exact) mass is 452 g/mol. The molecule has 1 unspecified atom stereocenters. The number of Topliss-reactive ketones (excluding diaryl/α,β-unsaturated/α-hetero) is 1. The second kappa shape index (κ2) is 10.2. The molecule has 1 aliphatic rings. The quantitative estimate of drug-likeness (QED) is 0.496. The van der Waals surface area contributed by atoms with Gasteiger partial charge in [0.2, 0.25) is 0 Å². The van der Waals surface area contributed by atoms with Crippen molar-refractivity contribution in [2.75, 3.05) is 18.9 Å². The third-order valence-corrected chi connectivity index (χ3v) is 6.70. The van der Waals surface area contributed by atoms with E-state index in [0.29, 0.717) is 26.9 Å². The van der Waals surface area contributed by atoms with E-state index < -0.39 is 0 Å². The summed E-state index contributed by atoms with van der Waals surface area (Å²) in [7, 11) is 2.16. The van der Waals surface area contributed by atoms with Crippen LogP contribution in [0.15, 0.2) is 42.5 Å². The van der Waals surface area contributed by atoms with Crippen LogP contribution in [0.1, 0.15) is 44.2 Å². The normalized spacial score (nSPS) is 20.5. The second-order valence-electron chi connectivity index (χ2n) is 7.93. The summed E-state index contributed by atoms with van der Waals surface area (Å²) in [5.41, 5.74) is 1.99. The minimum absolute atomic E-state index is 0.0430. The van der Waals surface area contributed by atoms with Crippen molar-refractivity contribution in [3.63, 3.8) is 0 Å². The number of ketones is 1. The first-order valence-electron chi connectivity index (χ1n) is 10.0. The maximum atomic E-state index is 11.7. The molecule has 6 heteroatoms. The predicted octanol–water partition coefficient (Wildman–Crippen LogP) is 6.88. The zero-order valence-corrected chi connectivity index (χ0v) is 19.1. The summed E-state index contributed by atoms with van der Waals surface area (Å²) in [5.74, 6) is 0.557. The van der Waals surface area contributed by atoms with Crippen LogP contribution in [0.2, 0.25) is 15.1 Å². The SMILES string of the molecule is CC(=O)C1CCC(N(C)CC(Nc2ccc(Cl)cc2Cl)c2ccc(Cl)cc2)CC1. The van der Waals surface area contributed by atoms with Crippen LogP contribution in [-0.2, 0) is 4.79 Å². The van der Waals surface area contributed by atoms with Gasteiger partial charge in [-0.3, -0.25) is 4.79 Å². The lowest BCUT2D eigenvalue weighted by Gasteiger charge is -2.36. The molecule has 0 aromatic heterocycles. The molecule has 1 N–H and O–H groups in total. The number of anilines is 1. The van der Waals surface area contributed by atoms with Crippen molar-refractivity contribution in [2.24, 2.45) is 5.92 Å². The van der Waals surface area contributed by atoms with E-state index in [1.807, 2.05) is 36.4 Å². The van der Waals surface area contributed by atoms with Crippen LogP contribution < -0.4 is 5.32 Å². The Hall–Kier alpha value is -1.26. The van der Waals surface area contributed by atoms with Gasteiger partial charge in [0.25, 0.3) is 0 Å². The van der Waals surface area contributed by atoms with Crippen LogP contribution >= 0.6 is 34.8 Å². The average Bonchev–Trinajstić information content (AvgIpc) is 2.70. The number of carbonyl (C=O) groups is 1. The van der Waals surface area contributed by atoms with Gasteiger partial charge in [-0.1, -0.05) is 46.9 Å². The van der Waals surface area contributed by atoms with Crippen LogP contribution in [0.3, 0.4) is 0 Å². The number of nitrogens with zero attached hydrogens (tertiary/aromatic N) is 1. The van der Waals surface area contributed by atoms with Gasteiger partial charge in [-0.25, -0.2) is 0 Å². The van der Waals surface area contributed by atoms with Crippen LogP contribution in [0.5, 0.6) is 0 Å². The lowest BCUT2D eigenvalue weighted by Crippen LogP contribution is -2.39. The van der Waals surface area contributed by atoms with Gasteiger partial charge in [-0.15, -0.1) is 0 Å². The molecule has 1 atom stereocenters. The van der Waals surface area contributed by atoms with Crippen molar-refractivity contribution in [3.05, 3.63) is 63.1 Å². The summed E-state index contributed by atoms with van der Waals surface area (Å²) < 4.78 is 0. The molecular formula is C23H27Cl3N2O. The molecule has 0 amide bonds. The zero-order chi connectivity index (χ0) is 21.0. The third kappa shape index (κ3) is 6.11. The highest BCUT2D eigenvalue weighted by molar-refractivity contribution is 6.36. The maximum absolute atomic E-state index is 11.7. The maximum Gasteiger partial charge on any atom is 0.132 e. The number of carbonyl (C=O) groups excluding carboxylic acids is 1. The largest absolute Gasteiger partial charge is 0.376 e. The molecule has 1 aliphatic carbocycles. The molecule has 156 valence electrons. The summed E-state index contributed by atoms with van der Waals surface area (Å²) in [5, 5.41) is 5.51. The summed E-state index contributed by atoms with van der Waals surface area (Å²) in [6, 6.07) is 13.9. The summed E-state index contributed by atoms with van der Waals surface area (Å²) >= 11 is 18.5. The smallest absolute Gasteiger partial charge is 0.132 e. The van der Waals surface area contributed by atoms with Crippen molar-refractivity contribution in [1.82, 2.24) is 4.90 Å². The molecule has 0 saturated heterocycles. The van der Waals surface area contributed by atoms with Gasteiger partial charge in [0.1, 0.15) is 5.78 Å². The Morgan fingerprint density at radius 1 is 1.03 bits per heavy atom. The van der Waals surface area contributed by atoms with Crippen molar-refractivity contribution in [1.29, 1.82) is 0 Å². The number of hydrogen-bond donors (Lipinski definition) is 1. The number of rotatable bonds is 7. The Morgan fingerprint density at radius 3 is 2.24 bits per heavy atom. The molecule has 1 saturated carbocycles. The van der Waals surface area contributed by atoms with Crippen molar-refractivity contribution < 1.29 is 4.79 Å². The van der Waals surface area contributed by atoms with Crippen LogP contribution in [0.25, 0.3) is 0 Å². The predicted molar refractivity (Wildman–Crippen MR) is 123 cm³/mol. The first-order valence-corrected chi connectivity index (χ1v) is 11.1. The Bertz CT molecular complexity index is 833. The molecule has 2 aromatic carbocycles. The van der Waals surface area contributed by atoms with E-state index in [4.69, 9.17) is 34.8 Å². The standard InChI is InChI=1S/C23H27Cl3N2O/c1-15(29)16-5-10-20(11-6-16)28(2)14-23(17-3-7-18(24)8-4-17)27-22-12-9-19(25)13-21(22)26/h3-4,7-9,12-13,16,20,23,27H,5-6,10-11,14H2,1-2H3. The molecule has 3 nitrogen and oxygen atoms in total. The zero-order valence-electron chi connectivity index (χ0n) is 16.8. The van der Waals surface area contributed by atoms with Crippen molar-refractivity contribution >= 4 is 46.3 Å². The van der Waals surface area contributed by atoms with Gasteiger partial charge < -0.3 is 10.2 Å².